The summed E-state index contributed by atoms with van der Waals surface area (Å²) in [6.45, 7) is 2.05. The Balaban J connectivity index is 2.01. The van der Waals surface area contributed by atoms with Gasteiger partial charge in [-0.2, -0.15) is 0 Å². The van der Waals surface area contributed by atoms with Gasteiger partial charge in [0.2, 0.25) is 0 Å². The molecule has 0 aromatic heterocycles. The molecule has 1 atom stereocenters. The fraction of sp³-hybridized carbons (Fsp3) is 0.200. The van der Waals surface area contributed by atoms with Crippen LogP contribution in [0.3, 0.4) is 0 Å². The summed E-state index contributed by atoms with van der Waals surface area (Å²) in [5.74, 6) is 1.14. The van der Waals surface area contributed by atoms with Crippen LogP contribution in [0.4, 0.5) is 0 Å². The maximum absolute atomic E-state index is 12.1. The summed E-state index contributed by atoms with van der Waals surface area (Å²) >= 11 is 5.91. The molecule has 0 saturated carbocycles. The van der Waals surface area contributed by atoms with Crippen molar-refractivity contribution >= 4 is 22.4 Å². The van der Waals surface area contributed by atoms with Crippen LogP contribution in [-0.2, 0) is 22.3 Å². The summed E-state index contributed by atoms with van der Waals surface area (Å²) in [6, 6.07) is 15.7. The molecule has 0 amide bonds. The summed E-state index contributed by atoms with van der Waals surface area (Å²) in [5, 5.41) is 0.694. The Bertz CT molecular complexity index is 516. The monoisotopic (exact) mass is 278 g/mol. The first kappa shape index (κ1) is 13.3. The minimum Gasteiger partial charge on any atom is -0.259 e. The van der Waals surface area contributed by atoms with Crippen molar-refractivity contribution in [2.24, 2.45) is 0 Å². The topological polar surface area (TPSA) is 17.1 Å². The Morgan fingerprint density at radius 1 is 1.00 bits per heavy atom. The molecule has 18 heavy (non-hydrogen) atoms. The van der Waals surface area contributed by atoms with Gasteiger partial charge >= 0.3 is 0 Å². The predicted octanol–water partition coefficient (Wildman–Crippen LogP) is 4.10. The number of hydrogen-bond acceptors (Lipinski definition) is 1. The molecule has 0 aliphatic rings. The molecule has 2 rings (SSSR count). The highest BCUT2D eigenvalue weighted by molar-refractivity contribution is 7.83. The van der Waals surface area contributed by atoms with E-state index in [4.69, 9.17) is 11.6 Å². The number of rotatable bonds is 4. The van der Waals surface area contributed by atoms with Gasteiger partial charge in [-0.15, -0.1) is 0 Å². The highest BCUT2D eigenvalue weighted by atomic mass is 35.5. The van der Waals surface area contributed by atoms with Gasteiger partial charge in [0.15, 0.2) is 0 Å². The normalized spacial score (nSPS) is 12.3. The summed E-state index contributed by atoms with van der Waals surface area (Å²) in [5.41, 5.74) is 3.34. The number of aryl methyl sites for hydroxylation is 1. The zero-order chi connectivity index (χ0) is 13.0. The average Bonchev–Trinajstić information content (AvgIpc) is 2.28. The van der Waals surface area contributed by atoms with Gasteiger partial charge in [0.25, 0.3) is 0 Å². The van der Waals surface area contributed by atoms with Crippen molar-refractivity contribution in [3.63, 3.8) is 0 Å². The molecule has 0 aliphatic heterocycles. The second kappa shape index (κ2) is 6.17. The molecule has 0 spiro atoms. The first-order chi connectivity index (χ1) is 8.63. The lowest BCUT2D eigenvalue weighted by Gasteiger charge is -2.04. The molecule has 2 aromatic rings. The van der Waals surface area contributed by atoms with Crippen LogP contribution < -0.4 is 0 Å². The third kappa shape index (κ3) is 3.97. The lowest BCUT2D eigenvalue weighted by molar-refractivity contribution is 0.682. The van der Waals surface area contributed by atoms with E-state index in [0.29, 0.717) is 16.5 Å². The van der Waals surface area contributed by atoms with E-state index in [1.54, 1.807) is 0 Å². The van der Waals surface area contributed by atoms with Crippen LogP contribution in [-0.4, -0.2) is 4.21 Å². The summed E-state index contributed by atoms with van der Waals surface area (Å²) in [6.07, 6.45) is 0. The molecule has 0 fully saturated rings. The van der Waals surface area contributed by atoms with Crippen LogP contribution >= 0.6 is 11.6 Å². The number of hydrogen-bond donors (Lipinski definition) is 0. The Kier molecular flexibility index (Phi) is 4.56. The van der Waals surface area contributed by atoms with Crippen molar-refractivity contribution < 1.29 is 4.21 Å². The van der Waals surface area contributed by atoms with Gasteiger partial charge in [0.05, 0.1) is 0 Å². The first-order valence-electron chi connectivity index (χ1n) is 5.78. The zero-order valence-electron chi connectivity index (χ0n) is 10.2. The number of halogens is 1. The molecule has 2 aromatic carbocycles. The lowest BCUT2D eigenvalue weighted by atomic mass is 10.2. The zero-order valence-corrected chi connectivity index (χ0v) is 11.8. The van der Waals surface area contributed by atoms with E-state index in [1.807, 2.05) is 49.4 Å². The molecule has 1 nitrogen and oxygen atoms in total. The van der Waals surface area contributed by atoms with Crippen LogP contribution in [0.15, 0.2) is 48.5 Å². The fourth-order valence-electron chi connectivity index (χ4n) is 1.85. The molecule has 1 unspecified atom stereocenters. The second-order valence-corrected chi connectivity index (χ2v) is 6.24. The van der Waals surface area contributed by atoms with Crippen LogP contribution in [0, 0.1) is 6.92 Å². The van der Waals surface area contributed by atoms with Crippen molar-refractivity contribution in [3.8, 4) is 0 Å². The Hall–Kier alpha value is -1.12. The SMILES string of the molecule is Cc1cccc(CS(=O)Cc2cccc(Cl)c2)c1. The maximum atomic E-state index is 12.1. The van der Waals surface area contributed by atoms with E-state index in [1.165, 1.54) is 5.56 Å². The summed E-state index contributed by atoms with van der Waals surface area (Å²) < 4.78 is 12.1. The van der Waals surface area contributed by atoms with Crippen molar-refractivity contribution in [1.29, 1.82) is 0 Å². The van der Waals surface area contributed by atoms with Gasteiger partial charge in [-0.1, -0.05) is 53.6 Å². The van der Waals surface area contributed by atoms with Crippen molar-refractivity contribution in [1.82, 2.24) is 0 Å². The van der Waals surface area contributed by atoms with E-state index in [2.05, 4.69) is 6.07 Å². The van der Waals surface area contributed by atoms with Crippen molar-refractivity contribution in [2.75, 3.05) is 0 Å². The van der Waals surface area contributed by atoms with E-state index in [9.17, 15) is 4.21 Å². The largest absolute Gasteiger partial charge is 0.259 e. The molecule has 0 saturated heterocycles. The number of benzene rings is 2. The van der Waals surface area contributed by atoms with Gasteiger partial charge in [0, 0.05) is 27.3 Å². The van der Waals surface area contributed by atoms with E-state index in [0.717, 1.165) is 11.1 Å². The third-order valence-corrected chi connectivity index (χ3v) is 4.17. The quantitative estimate of drug-likeness (QED) is 0.823. The third-order valence-electron chi connectivity index (χ3n) is 2.63. The predicted molar refractivity (Wildman–Crippen MR) is 78.2 cm³/mol. The van der Waals surface area contributed by atoms with Gasteiger partial charge < -0.3 is 0 Å². The van der Waals surface area contributed by atoms with Crippen LogP contribution in [0.25, 0.3) is 0 Å². The van der Waals surface area contributed by atoms with Gasteiger partial charge in [0.1, 0.15) is 0 Å². The first-order valence-corrected chi connectivity index (χ1v) is 7.65. The fourth-order valence-corrected chi connectivity index (χ4v) is 3.27. The van der Waals surface area contributed by atoms with Crippen LogP contribution in [0.5, 0.6) is 0 Å². The molecule has 0 N–H and O–H groups in total. The van der Waals surface area contributed by atoms with Gasteiger partial charge in [-0.3, -0.25) is 4.21 Å². The summed E-state index contributed by atoms with van der Waals surface area (Å²) in [4.78, 5) is 0. The van der Waals surface area contributed by atoms with Crippen LogP contribution in [0.2, 0.25) is 5.02 Å². The Labute approximate surface area is 115 Å². The highest BCUT2D eigenvalue weighted by Crippen LogP contribution is 2.14. The highest BCUT2D eigenvalue weighted by Gasteiger charge is 2.04. The van der Waals surface area contributed by atoms with Gasteiger partial charge in [-0.05, 0) is 30.2 Å². The second-order valence-electron chi connectivity index (χ2n) is 4.35. The van der Waals surface area contributed by atoms with Crippen molar-refractivity contribution in [3.05, 3.63) is 70.2 Å². The molecule has 0 heterocycles. The lowest BCUT2D eigenvalue weighted by Crippen LogP contribution is -1.99. The Morgan fingerprint density at radius 3 is 2.22 bits per heavy atom. The maximum Gasteiger partial charge on any atom is 0.0489 e. The standard InChI is InChI=1S/C15H15ClOS/c1-12-4-2-5-13(8-12)10-18(17)11-14-6-3-7-15(16)9-14/h2-9H,10-11H2,1H3. The van der Waals surface area contributed by atoms with Crippen molar-refractivity contribution in [2.45, 2.75) is 18.4 Å². The van der Waals surface area contributed by atoms with Gasteiger partial charge in [-0.25, -0.2) is 0 Å². The molecule has 3 heteroatoms. The minimum atomic E-state index is -0.897. The minimum absolute atomic E-state index is 0.550. The summed E-state index contributed by atoms with van der Waals surface area (Å²) in [7, 11) is -0.897. The van der Waals surface area contributed by atoms with Crippen LogP contribution in [0.1, 0.15) is 16.7 Å². The molecule has 0 aliphatic carbocycles. The smallest absolute Gasteiger partial charge is 0.0489 e. The Morgan fingerprint density at radius 2 is 1.61 bits per heavy atom. The van der Waals surface area contributed by atoms with E-state index >= 15 is 0 Å². The molecule has 0 radical (unpaired) electrons. The molecule has 0 bridgehead atoms. The van der Waals surface area contributed by atoms with E-state index in [-0.39, 0.29) is 0 Å². The molecule has 94 valence electrons. The van der Waals surface area contributed by atoms with E-state index < -0.39 is 10.8 Å². The molecular weight excluding hydrogens is 264 g/mol. The average molecular weight is 279 g/mol. The molecular formula is C15H15ClOS.